The molecule has 1 heterocycles. The summed E-state index contributed by atoms with van der Waals surface area (Å²) in [7, 11) is 0. The fourth-order valence-electron chi connectivity index (χ4n) is 2.21. The van der Waals surface area contributed by atoms with Crippen LogP contribution in [0.25, 0.3) is 0 Å². The van der Waals surface area contributed by atoms with E-state index in [9.17, 15) is 5.11 Å². The van der Waals surface area contributed by atoms with Crippen LogP contribution in [0.15, 0.2) is 0 Å². The lowest BCUT2D eigenvalue weighted by Gasteiger charge is -2.33. The summed E-state index contributed by atoms with van der Waals surface area (Å²) in [6.07, 6.45) is 5.96. The third-order valence-corrected chi connectivity index (χ3v) is 4.06. The Morgan fingerprint density at radius 2 is 1.87 bits per heavy atom. The smallest absolute Gasteiger partial charge is 0.170 e. The zero-order valence-electron chi connectivity index (χ0n) is 8.90. The Labute approximate surface area is 99.3 Å². The Bertz CT molecular complexity index is 192. The maximum atomic E-state index is 9.39. The molecule has 2 rings (SSSR count). The van der Waals surface area contributed by atoms with Crippen molar-refractivity contribution in [2.45, 2.75) is 61.9 Å². The summed E-state index contributed by atoms with van der Waals surface area (Å²) < 4.78 is 11.5. The van der Waals surface area contributed by atoms with E-state index < -0.39 is 0 Å². The van der Waals surface area contributed by atoms with Gasteiger partial charge in [-0.15, -0.1) is 0 Å². The molecular weight excluding hydrogens is 260 g/mol. The van der Waals surface area contributed by atoms with Crippen LogP contribution in [0.4, 0.5) is 0 Å². The second kappa shape index (κ2) is 5.62. The van der Waals surface area contributed by atoms with Gasteiger partial charge in [-0.25, -0.2) is 0 Å². The standard InChI is InChI=1S/C11H19BrO3/c12-10-2-1-7-14-11(10)15-9-5-3-8(13)4-6-9/h8-11,13H,1-7H2. The van der Waals surface area contributed by atoms with Crippen LogP contribution >= 0.6 is 15.9 Å². The number of hydrogen-bond donors (Lipinski definition) is 1. The first kappa shape index (κ1) is 11.8. The Kier molecular flexibility index (Phi) is 4.43. The van der Waals surface area contributed by atoms with Gasteiger partial charge in [0.25, 0.3) is 0 Å². The molecule has 0 amide bonds. The molecule has 1 N–H and O–H groups in total. The molecule has 1 saturated carbocycles. The molecule has 3 nitrogen and oxygen atoms in total. The molecule has 0 radical (unpaired) electrons. The SMILES string of the molecule is OC1CCC(OC2OCCCC2Br)CC1. The summed E-state index contributed by atoms with van der Waals surface area (Å²) in [5, 5.41) is 9.39. The van der Waals surface area contributed by atoms with Gasteiger partial charge < -0.3 is 14.6 Å². The van der Waals surface area contributed by atoms with Gasteiger partial charge in [-0.1, -0.05) is 15.9 Å². The second-order valence-electron chi connectivity index (χ2n) is 4.46. The molecule has 2 fully saturated rings. The van der Waals surface area contributed by atoms with Crippen molar-refractivity contribution in [2.24, 2.45) is 0 Å². The van der Waals surface area contributed by atoms with Crippen LogP contribution in [0.1, 0.15) is 38.5 Å². The molecule has 0 aromatic heterocycles. The molecule has 1 aliphatic heterocycles. The zero-order chi connectivity index (χ0) is 10.7. The number of aliphatic hydroxyl groups is 1. The van der Waals surface area contributed by atoms with Crippen molar-refractivity contribution in [3.8, 4) is 0 Å². The predicted molar refractivity (Wildman–Crippen MR) is 61.0 cm³/mol. The van der Waals surface area contributed by atoms with Gasteiger partial charge in [0.15, 0.2) is 6.29 Å². The van der Waals surface area contributed by atoms with Crippen LogP contribution in [0.2, 0.25) is 0 Å². The molecule has 2 atom stereocenters. The van der Waals surface area contributed by atoms with E-state index in [2.05, 4.69) is 15.9 Å². The molecule has 0 aromatic rings. The first-order valence-electron chi connectivity index (χ1n) is 5.85. The molecular formula is C11H19BrO3. The topological polar surface area (TPSA) is 38.7 Å². The summed E-state index contributed by atoms with van der Waals surface area (Å²) in [6.45, 7) is 0.808. The fraction of sp³-hybridized carbons (Fsp3) is 1.00. The van der Waals surface area contributed by atoms with Gasteiger partial charge in [-0.3, -0.25) is 0 Å². The monoisotopic (exact) mass is 278 g/mol. The Morgan fingerprint density at radius 3 is 2.53 bits per heavy atom. The highest BCUT2D eigenvalue weighted by Crippen LogP contribution is 2.27. The van der Waals surface area contributed by atoms with Crippen LogP contribution in [0, 0.1) is 0 Å². The van der Waals surface area contributed by atoms with Crippen molar-refractivity contribution >= 4 is 15.9 Å². The van der Waals surface area contributed by atoms with Crippen LogP contribution in [0.3, 0.4) is 0 Å². The number of ether oxygens (including phenoxy) is 2. The van der Waals surface area contributed by atoms with E-state index in [0.717, 1.165) is 45.1 Å². The van der Waals surface area contributed by atoms with E-state index in [1.54, 1.807) is 0 Å². The molecule has 0 bridgehead atoms. The molecule has 2 aliphatic rings. The van der Waals surface area contributed by atoms with Gasteiger partial charge in [-0.2, -0.15) is 0 Å². The minimum Gasteiger partial charge on any atom is -0.393 e. The van der Waals surface area contributed by atoms with Crippen LogP contribution in [-0.2, 0) is 9.47 Å². The van der Waals surface area contributed by atoms with Gasteiger partial charge in [0.1, 0.15) is 0 Å². The molecule has 88 valence electrons. The quantitative estimate of drug-likeness (QED) is 0.788. The second-order valence-corrected chi connectivity index (χ2v) is 5.64. The maximum Gasteiger partial charge on any atom is 0.170 e. The fourth-order valence-corrected chi connectivity index (χ4v) is 2.81. The minimum absolute atomic E-state index is 0.0843. The van der Waals surface area contributed by atoms with E-state index in [-0.39, 0.29) is 18.5 Å². The molecule has 15 heavy (non-hydrogen) atoms. The van der Waals surface area contributed by atoms with Crippen LogP contribution < -0.4 is 0 Å². The molecule has 1 aliphatic carbocycles. The van der Waals surface area contributed by atoms with Crippen molar-refractivity contribution in [1.29, 1.82) is 0 Å². The lowest BCUT2D eigenvalue weighted by atomic mass is 9.95. The first-order chi connectivity index (χ1) is 7.25. The summed E-state index contributed by atoms with van der Waals surface area (Å²) in [5.74, 6) is 0. The Balaban J connectivity index is 1.75. The minimum atomic E-state index is -0.114. The number of halogens is 1. The average molecular weight is 279 g/mol. The molecule has 4 heteroatoms. The highest BCUT2D eigenvalue weighted by molar-refractivity contribution is 9.09. The van der Waals surface area contributed by atoms with Crippen molar-refractivity contribution in [2.75, 3.05) is 6.61 Å². The third kappa shape index (κ3) is 3.41. The summed E-state index contributed by atoms with van der Waals surface area (Å²) in [5.41, 5.74) is 0. The van der Waals surface area contributed by atoms with Gasteiger partial charge in [0, 0.05) is 6.61 Å². The summed E-state index contributed by atoms with van der Waals surface area (Å²) in [6, 6.07) is 0. The number of hydrogen-bond acceptors (Lipinski definition) is 3. The van der Waals surface area contributed by atoms with Gasteiger partial charge in [-0.05, 0) is 38.5 Å². The normalized spacial score (nSPS) is 42.8. The lowest BCUT2D eigenvalue weighted by molar-refractivity contribution is -0.191. The van der Waals surface area contributed by atoms with Crippen molar-refractivity contribution in [3.05, 3.63) is 0 Å². The number of aliphatic hydroxyl groups excluding tert-OH is 1. The third-order valence-electron chi connectivity index (χ3n) is 3.17. The van der Waals surface area contributed by atoms with Gasteiger partial charge in [0.2, 0.25) is 0 Å². The van der Waals surface area contributed by atoms with E-state index in [1.807, 2.05) is 0 Å². The lowest BCUT2D eigenvalue weighted by Crippen LogP contribution is -2.37. The van der Waals surface area contributed by atoms with Crippen molar-refractivity contribution in [1.82, 2.24) is 0 Å². The van der Waals surface area contributed by atoms with Gasteiger partial charge >= 0.3 is 0 Å². The van der Waals surface area contributed by atoms with E-state index >= 15 is 0 Å². The summed E-state index contributed by atoms with van der Waals surface area (Å²) >= 11 is 3.59. The maximum absolute atomic E-state index is 9.39. The predicted octanol–water partition coefficient (Wildman–Crippen LogP) is 2.21. The van der Waals surface area contributed by atoms with Crippen LogP contribution in [0.5, 0.6) is 0 Å². The largest absolute Gasteiger partial charge is 0.393 e. The van der Waals surface area contributed by atoms with E-state index in [4.69, 9.17) is 9.47 Å². The van der Waals surface area contributed by atoms with E-state index in [1.165, 1.54) is 0 Å². The Hall–Kier alpha value is 0.360. The van der Waals surface area contributed by atoms with Crippen LogP contribution in [-0.4, -0.2) is 35.0 Å². The van der Waals surface area contributed by atoms with Crippen molar-refractivity contribution in [3.63, 3.8) is 0 Å². The first-order valence-corrected chi connectivity index (χ1v) is 6.76. The number of rotatable bonds is 2. The number of alkyl halides is 1. The Morgan fingerprint density at radius 1 is 1.13 bits per heavy atom. The highest BCUT2D eigenvalue weighted by atomic mass is 79.9. The van der Waals surface area contributed by atoms with E-state index in [0.29, 0.717) is 4.83 Å². The molecule has 0 aromatic carbocycles. The molecule has 2 unspecified atom stereocenters. The molecule has 0 spiro atoms. The molecule has 1 saturated heterocycles. The highest BCUT2D eigenvalue weighted by Gasteiger charge is 2.29. The average Bonchev–Trinajstić information content (AvgIpc) is 2.25. The van der Waals surface area contributed by atoms with Crippen molar-refractivity contribution < 1.29 is 14.6 Å². The summed E-state index contributed by atoms with van der Waals surface area (Å²) in [4.78, 5) is 0.332. The van der Waals surface area contributed by atoms with Gasteiger partial charge in [0.05, 0.1) is 17.0 Å². The zero-order valence-corrected chi connectivity index (χ0v) is 10.5.